The van der Waals surface area contributed by atoms with E-state index in [2.05, 4.69) is 0 Å². The van der Waals surface area contributed by atoms with Crippen LogP contribution in [0.5, 0.6) is 0 Å². The van der Waals surface area contributed by atoms with Gasteiger partial charge in [-0.05, 0) is 43.7 Å². The van der Waals surface area contributed by atoms with E-state index >= 15 is 0 Å². The van der Waals surface area contributed by atoms with Crippen LogP contribution < -0.4 is 11.3 Å². The third kappa shape index (κ3) is 2.20. The predicted molar refractivity (Wildman–Crippen MR) is 75.7 cm³/mol. The lowest BCUT2D eigenvalue weighted by Crippen LogP contribution is -2.24. The van der Waals surface area contributed by atoms with Crippen molar-refractivity contribution < 1.29 is 0 Å². The van der Waals surface area contributed by atoms with Crippen LogP contribution in [0.25, 0.3) is 5.69 Å². The van der Waals surface area contributed by atoms with Gasteiger partial charge in [0.05, 0.1) is 16.4 Å². The van der Waals surface area contributed by atoms with Gasteiger partial charge in [-0.2, -0.15) is 5.26 Å². The maximum absolute atomic E-state index is 12.3. The van der Waals surface area contributed by atoms with Gasteiger partial charge in [-0.25, -0.2) is 0 Å². The Kier molecular flexibility index (Phi) is 3.32. The monoisotopic (exact) mass is 273 g/mol. The van der Waals surface area contributed by atoms with Crippen molar-refractivity contribution in [1.29, 1.82) is 5.26 Å². The number of nitriles is 1. The summed E-state index contributed by atoms with van der Waals surface area (Å²) in [5.74, 6) is 0. The van der Waals surface area contributed by atoms with E-state index in [-0.39, 0.29) is 11.1 Å². The number of aromatic nitrogens is 1. The molecule has 0 atom stereocenters. The van der Waals surface area contributed by atoms with E-state index in [9.17, 15) is 4.79 Å². The number of hydrogen-bond acceptors (Lipinski definition) is 3. The summed E-state index contributed by atoms with van der Waals surface area (Å²) in [4.78, 5) is 12.3. The smallest absolute Gasteiger partial charge is 0.273 e. The van der Waals surface area contributed by atoms with Gasteiger partial charge >= 0.3 is 0 Å². The van der Waals surface area contributed by atoms with Crippen LogP contribution in [0.15, 0.2) is 29.1 Å². The maximum Gasteiger partial charge on any atom is 0.273 e. The van der Waals surface area contributed by atoms with Crippen molar-refractivity contribution in [2.75, 3.05) is 5.73 Å². The Balaban J connectivity index is 2.80. The van der Waals surface area contributed by atoms with Crippen molar-refractivity contribution in [3.8, 4) is 11.8 Å². The van der Waals surface area contributed by atoms with Gasteiger partial charge in [0.1, 0.15) is 11.6 Å². The summed E-state index contributed by atoms with van der Waals surface area (Å²) in [5.41, 5.74) is 7.94. The molecule has 1 heterocycles. The zero-order chi connectivity index (χ0) is 14.2. The Labute approximate surface area is 115 Å². The number of aryl methyl sites for hydroxylation is 2. The predicted octanol–water partition coefficient (Wildman–Crippen LogP) is 2.56. The second-order valence-electron chi connectivity index (χ2n) is 4.30. The third-order valence-corrected chi connectivity index (χ3v) is 3.28. The molecular formula is C14H12ClN3O. The summed E-state index contributed by atoms with van der Waals surface area (Å²) in [6.07, 6.45) is 0. The molecular weight excluding hydrogens is 262 g/mol. The minimum Gasteiger partial charge on any atom is -0.397 e. The van der Waals surface area contributed by atoms with Crippen molar-refractivity contribution in [3.63, 3.8) is 0 Å². The van der Waals surface area contributed by atoms with Crippen LogP contribution in [-0.2, 0) is 0 Å². The molecule has 1 aromatic heterocycles. The standard InChI is InChI=1S/C14H12ClN3O/c1-8-5-9(2)18(14(19)11(8)7-16)10-3-4-12(15)13(17)6-10/h3-6H,17H2,1-2H3. The van der Waals surface area contributed by atoms with Crippen LogP contribution in [0.4, 0.5) is 5.69 Å². The summed E-state index contributed by atoms with van der Waals surface area (Å²) >= 11 is 5.87. The summed E-state index contributed by atoms with van der Waals surface area (Å²) in [6.45, 7) is 3.55. The highest BCUT2D eigenvalue weighted by atomic mass is 35.5. The topological polar surface area (TPSA) is 71.8 Å². The van der Waals surface area contributed by atoms with Crippen molar-refractivity contribution in [1.82, 2.24) is 4.57 Å². The molecule has 0 bridgehead atoms. The van der Waals surface area contributed by atoms with E-state index in [1.165, 1.54) is 4.57 Å². The lowest BCUT2D eigenvalue weighted by Gasteiger charge is -2.12. The van der Waals surface area contributed by atoms with E-state index < -0.39 is 0 Å². The molecule has 2 N–H and O–H groups in total. The van der Waals surface area contributed by atoms with Crippen LogP contribution in [-0.4, -0.2) is 4.57 Å². The number of nitrogens with zero attached hydrogens (tertiary/aromatic N) is 2. The molecule has 19 heavy (non-hydrogen) atoms. The molecule has 1 aromatic carbocycles. The van der Waals surface area contributed by atoms with Crippen molar-refractivity contribution in [2.24, 2.45) is 0 Å². The van der Waals surface area contributed by atoms with Crippen molar-refractivity contribution in [2.45, 2.75) is 13.8 Å². The number of anilines is 1. The van der Waals surface area contributed by atoms with Crippen LogP contribution in [0.3, 0.4) is 0 Å². The first-order valence-corrected chi connectivity index (χ1v) is 6.02. The molecule has 0 unspecified atom stereocenters. The van der Waals surface area contributed by atoms with Crippen LogP contribution in [0.2, 0.25) is 5.02 Å². The summed E-state index contributed by atoms with van der Waals surface area (Å²) < 4.78 is 1.46. The SMILES string of the molecule is Cc1cc(C)n(-c2ccc(Cl)c(N)c2)c(=O)c1C#N. The average molecular weight is 274 g/mol. The van der Waals surface area contributed by atoms with Gasteiger partial charge < -0.3 is 5.73 Å². The van der Waals surface area contributed by atoms with Gasteiger partial charge in [0, 0.05) is 5.69 Å². The first kappa shape index (κ1) is 13.2. The van der Waals surface area contributed by atoms with E-state index in [1.54, 1.807) is 38.1 Å². The molecule has 4 nitrogen and oxygen atoms in total. The number of nitrogens with two attached hydrogens (primary N) is 1. The number of pyridine rings is 1. The molecule has 5 heteroatoms. The van der Waals surface area contributed by atoms with Gasteiger partial charge in [0.25, 0.3) is 5.56 Å². The van der Waals surface area contributed by atoms with Crippen LogP contribution in [0, 0.1) is 25.2 Å². The highest BCUT2D eigenvalue weighted by Gasteiger charge is 2.12. The minimum absolute atomic E-state index is 0.138. The molecule has 0 aliphatic rings. The Morgan fingerprint density at radius 1 is 1.32 bits per heavy atom. The summed E-state index contributed by atoms with van der Waals surface area (Å²) in [5, 5.41) is 9.48. The second-order valence-corrected chi connectivity index (χ2v) is 4.71. The minimum atomic E-state index is -0.346. The molecule has 0 aliphatic carbocycles. The Hall–Kier alpha value is -2.25. The van der Waals surface area contributed by atoms with Gasteiger partial charge in [-0.15, -0.1) is 0 Å². The van der Waals surface area contributed by atoms with Gasteiger partial charge in [-0.3, -0.25) is 9.36 Å². The fraction of sp³-hybridized carbons (Fsp3) is 0.143. The van der Waals surface area contributed by atoms with Crippen LogP contribution in [0.1, 0.15) is 16.8 Å². The number of rotatable bonds is 1. The molecule has 0 aliphatic heterocycles. The molecule has 0 radical (unpaired) electrons. The molecule has 2 rings (SSSR count). The largest absolute Gasteiger partial charge is 0.397 e. The van der Waals surface area contributed by atoms with Crippen LogP contribution >= 0.6 is 11.6 Å². The maximum atomic E-state index is 12.3. The van der Waals surface area contributed by atoms with Crippen molar-refractivity contribution >= 4 is 17.3 Å². The fourth-order valence-electron chi connectivity index (χ4n) is 2.02. The Morgan fingerprint density at radius 3 is 2.58 bits per heavy atom. The number of nitrogen functional groups attached to an aromatic ring is 1. The van der Waals surface area contributed by atoms with E-state index in [0.717, 1.165) is 5.69 Å². The molecule has 0 amide bonds. The van der Waals surface area contributed by atoms with Gasteiger partial charge in [0.15, 0.2) is 0 Å². The lowest BCUT2D eigenvalue weighted by molar-refractivity contribution is 0.920. The highest BCUT2D eigenvalue weighted by molar-refractivity contribution is 6.33. The number of hydrogen-bond donors (Lipinski definition) is 1. The normalized spacial score (nSPS) is 10.2. The first-order chi connectivity index (χ1) is 8.95. The number of halogens is 1. The zero-order valence-corrected chi connectivity index (χ0v) is 11.3. The molecule has 2 aromatic rings. The van der Waals surface area contributed by atoms with Crippen molar-refractivity contribution in [3.05, 3.63) is 56.5 Å². The molecule has 0 saturated carbocycles. The summed E-state index contributed by atoms with van der Waals surface area (Å²) in [6, 6.07) is 8.68. The Bertz CT molecular complexity index is 757. The molecule has 0 spiro atoms. The lowest BCUT2D eigenvalue weighted by atomic mass is 10.1. The van der Waals surface area contributed by atoms with E-state index in [4.69, 9.17) is 22.6 Å². The molecule has 96 valence electrons. The second kappa shape index (κ2) is 4.79. The zero-order valence-electron chi connectivity index (χ0n) is 10.6. The molecule has 0 saturated heterocycles. The molecule has 0 fully saturated rings. The van der Waals surface area contributed by atoms with E-state index in [1.807, 2.05) is 6.07 Å². The fourth-order valence-corrected chi connectivity index (χ4v) is 2.14. The Morgan fingerprint density at radius 2 is 2.00 bits per heavy atom. The van der Waals surface area contributed by atoms with E-state index in [0.29, 0.717) is 22.0 Å². The highest BCUT2D eigenvalue weighted by Crippen LogP contribution is 2.22. The first-order valence-electron chi connectivity index (χ1n) is 5.64. The van der Waals surface area contributed by atoms with Gasteiger partial charge in [-0.1, -0.05) is 11.6 Å². The quantitative estimate of drug-likeness (QED) is 0.812. The third-order valence-electron chi connectivity index (χ3n) is 2.94. The van der Waals surface area contributed by atoms with Gasteiger partial charge in [0.2, 0.25) is 0 Å². The average Bonchev–Trinajstić information content (AvgIpc) is 2.33. The summed E-state index contributed by atoms with van der Waals surface area (Å²) in [7, 11) is 0. The number of benzene rings is 1.